The summed E-state index contributed by atoms with van der Waals surface area (Å²) in [4.78, 5) is 1.09. The Morgan fingerprint density at radius 2 is 2.25 bits per heavy atom. The number of rotatable bonds is 6. The number of hydrogen-bond acceptors (Lipinski definition) is 4. The molecule has 4 nitrogen and oxygen atoms in total. The number of thiophene rings is 1. The van der Waals surface area contributed by atoms with E-state index in [1.54, 1.807) is 24.6 Å². The third kappa shape index (κ3) is 2.85. The zero-order valence-electron chi connectivity index (χ0n) is 12.2. The fourth-order valence-corrected chi connectivity index (χ4v) is 3.47. The lowest BCUT2D eigenvalue weighted by atomic mass is 10.1. The van der Waals surface area contributed by atoms with E-state index in [2.05, 4.69) is 31.2 Å². The summed E-state index contributed by atoms with van der Waals surface area (Å²) in [5.74, 6) is 0.786. The van der Waals surface area contributed by atoms with Crippen molar-refractivity contribution in [2.45, 2.75) is 32.9 Å². The van der Waals surface area contributed by atoms with Gasteiger partial charge in [-0.05, 0) is 31.8 Å². The van der Waals surface area contributed by atoms with Crippen molar-refractivity contribution in [3.8, 4) is 5.75 Å². The molecule has 0 bridgehead atoms. The molecule has 20 heavy (non-hydrogen) atoms. The van der Waals surface area contributed by atoms with Crippen molar-refractivity contribution in [2.75, 3.05) is 13.7 Å². The first-order valence-corrected chi connectivity index (χ1v) is 7.93. The molecule has 2 aromatic heterocycles. The maximum Gasteiger partial charge on any atom is 0.161 e. The number of ether oxygens (including phenoxy) is 1. The van der Waals surface area contributed by atoms with Gasteiger partial charge in [-0.2, -0.15) is 5.10 Å². The first kappa shape index (κ1) is 15.4. The normalized spacial score (nSPS) is 12.9. The quantitative estimate of drug-likeness (QED) is 0.879. The van der Waals surface area contributed by atoms with Crippen molar-refractivity contribution in [2.24, 2.45) is 0 Å². The Labute approximate surface area is 128 Å². The molecule has 0 radical (unpaired) electrons. The molecule has 2 aromatic rings. The molecule has 0 aromatic carbocycles. The van der Waals surface area contributed by atoms with Crippen LogP contribution in [-0.2, 0) is 0 Å². The summed E-state index contributed by atoms with van der Waals surface area (Å²) in [7, 11) is 1.67. The second kappa shape index (κ2) is 6.61. The first-order valence-electron chi connectivity index (χ1n) is 6.67. The van der Waals surface area contributed by atoms with E-state index in [4.69, 9.17) is 16.3 Å². The van der Waals surface area contributed by atoms with E-state index in [9.17, 15) is 0 Å². The van der Waals surface area contributed by atoms with Gasteiger partial charge in [-0.15, -0.1) is 11.3 Å². The van der Waals surface area contributed by atoms with E-state index < -0.39 is 0 Å². The molecule has 1 atom stereocenters. The molecule has 0 aliphatic rings. The standard InChI is InChI=1S/C14H20ClN3OS/c1-5-16-12(14-10(15)6-7-20-14)13-11(19-4)8-17-18(13)9(2)3/h6-9,12,16H,5H2,1-4H3. The Morgan fingerprint density at radius 3 is 2.75 bits per heavy atom. The van der Waals surface area contributed by atoms with Crippen molar-refractivity contribution in [1.82, 2.24) is 15.1 Å². The van der Waals surface area contributed by atoms with Crippen LogP contribution in [0.3, 0.4) is 0 Å². The van der Waals surface area contributed by atoms with Crippen molar-refractivity contribution < 1.29 is 4.74 Å². The molecular formula is C14H20ClN3OS. The largest absolute Gasteiger partial charge is 0.493 e. The third-order valence-corrected chi connectivity index (χ3v) is 4.52. The van der Waals surface area contributed by atoms with E-state index in [0.717, 1.165) is 27.9 Å². The lowest BCUT2D eigenvalue weighted by Crippen LogP contribution is -2.25. The van der Waals surface area contributed by atoms with Gasteiger partial charge in [0.15, 0.2) is 5.75 Å². The van der Waals surface area contributed by atoms with Crippen LogP contribution in [0.5, 0.6) is 5.75 Å². The van der Waals surface area contributed by atoms with Crippen LogP contribution in [0.25, 0.3) is 0 Å². The number of halogens is 1. The smallest absolute Gasteiger partial charge is 0.161 e. The predicted octanol–water partition coefficient (Wildman–Crippen LogP) is 3.89. The van der Waals surface area contributed by atoms with Gasteiger partial charge in [0, 0.05) is 10.9 Å². The molecular weight excluding hydrogens is 294 g/mol. The van der Waals surface area contributed by atoms with Gasteiger partial charge in [0.05, 0.1) is 24.4 Å². The highest BCUT2D eigenvalue weighted by Crippen LogP contribution is 2.37. The molecule has 1 unspecified atom stereocenters. The van der Waals surface area contributed by atoms with Gasteiger partial charge >= 0.3 is 0 Å². The zero-order valence-corrected chi connectivity index (χ0v) is 13.8. The maximum absolute atomic E-state index is 6.31. The molecule has 1 N–H and O–H groups in total. The van der Waals surface area contributed by atoms with Crippen molar-refractivity contribution in [3.63, 3.8) is 0 Å². The van der Waals surface area contributed by atoms with Crippen LogP contribution in [0, 0.1) is 0 Å². The molecule has 0 aliphatic heterocycles. The lowest BCUT2D eigenvalue weighted by molar-refractivity contribution is 0.395. The van der Waals surface area contributed by atoms with Gasteiger partial charge in [-0.3, -0.25) is 4.68 Å². The molecule has 0 fully saturated rings. The summed E-state index contributed by atoms with van der Waals surface area (Å²) in [5.41, 5.74) is 1.02. The van der Waals surface area contributed by atoms with Crippen LogP contribution in [0.2, 0.25) is 5.02 Å². The predicted molar refractivity (Wildman–Crippen MR) is 84.0 cm³/mol. The zero-order chi connectivity index (χ0) is 14.7. The maximum atomic E-state index is 6.31. The molecule has 0 spiro atoms. The summed E-state index contributed by atoms with van der Waals surface area (Å²) in [6, 6.07) is 2.18. The minimum atomic E-state index is -0.00708. The van der Waals surface area contributed by atoms with Gasteiger partial charge in [-0.1, -0.05) is 18.5 Å². The summed E-state index contributed by atoms with van der Waals surface area (Å²) in [5, 5.41) is 10.7. The summed E-state index contributed by atoms with van der Waals surface area (Å²) >= 11 is 7.96. The van der Waals surface area contributed by atoms with Crippen LogP contribution in [0.1, 0.15) is 43.4 Å². The average molecular weight is 314 g/mol. The van der Waals surface area contributed by atoms with E-state index in [1.165, 1.54) is 0 Å². The van der Waals surface area contributed by atoms with Crippen molar-refractivity contribution in [3.05, 3.63) is 33.2 Å². The van der Waals surface area contributed by atoms with Crippen LogP contribution in [-0.4, -0.2) is 23.4 Å². The Morgan fingerprint density at radius 1 is 1.50 bits per heavy atom. The molecule has 0 saturated heterocycles. The van der Waals surface area contributed by atoms with Gasteiger partial charge < -0.3 is 10.1 Å². The van der Waals surface area contributed by atoms with Gasteiger partial charge in [0.2, 0.25) is 0 Å². The third-order valence-electron chi connectivity index (χ3n) is 3.10. The molecule has 0 amide bonds. The molecule has 0 aliphatic carbocycles. The summed E-state index contributed by atoms with van der Waals surface area (Å²) in [6.07, 6.45) is 1.77. The highest BCUT2D eigenvalue weighted by molar-refractivity contribution is 7.10. The fourth-order valence-electron chi connectivity index (χ4n) is 2.23. The van der Waals surface area contributed by atoms with Crippen LogP contribution >= 0.6 is 22.9 Å². The SMILES string of the molecule is CCNC(c1sccc1Cl)c1c(OC)cnn1C(C)C. The van der Waals surface area contributed by atoms with Crippen LogP contribution < -0.4 is 10.1 Å². The Kier molecular flexibility index (Phi) is 5.07. The highest BCUT2D eigenvalue weighted by atomic mass is 35.5. The Bertz CT molecular complexity index is 565. The second-order valence-electron chi connectivity index (χ2n) is 4.76. The van der Waals surface area contributed by atoms with E-state index >= 15 is 0 Å². The number of hydrogen-bond donors (Lipinski definition) is 1. The Hall–Kier alpha value is -1.04. The summed E-state index contributed by atoms with van der Waals surface area (Å²) < 4.78 is 7.47. The van der Waals surface area contributed by atoms with Crippen LogP contribution in [0.15, 0.2) is 17.6 Å². The van der Waals surface area contributed by atoms with Crippen LogP contribution in [0.4, 0.5) is 0 Å². The van der Waals surface area contributed by atoms with E-state index in [-0.39, 0.29) is 12.1 Å². The minimum absolute atomic E-state index is 0.00708. The Balaban J connectivity index is 2.54. The second-order valence-corrected chi connectivity index (χ2v) is 6.11. The van der Waals surface area contributed by atoms with Gasteiger partial charge in [0.1, 0.15) is 5.69 Å². The van der Waals surface area contributed by atoms with Gasteiger partial charge in [-0.25, -0.2) is 0 Å². The molecule has 2 rings (SSSR count). The molecule has 0 saturated carbocycles. The first-order chi connectivity index (χ1) is 9.60. The topological polar surface area (TPSA) is 39.1 Å². The van der Waals surface area contributed by atoms with E-state index in [1.807, 2.05) is 16.1 Å². The lowest BCUT2D eigenvalue weighted by Gasteiger charge is -2.21. The van der Waals surface area contributed by atoms with E-state index in [0.29, 0.717) is 0 Å². The van der Waals surface area contributed by atoms with Crippen molar-refractivity contribution >= 4 is 22.9 Å². The molecule has 2 heterocycles. The number of aromatic nitrogens is 2. The van der Waals surface area contributed by atoms with Crippen molar-refractivity contribution in [1.29, 1.82) is 0 Å². The molecule has 110 valence electrons. The van der Waals surface area contributed by atoms with Gasteiger partial charge in [0.25, 0.3) is 0 Å². The fraction of sp³-hybridized carbons (Fsp3) is 0.500. The minimum Gasteiger partial charge on any atom is -0.493 e. The number of nitrogens with one attached hydrogen (secondary N) is 1. The number of methoxy groups -OCH3 is 1. The monoisotopic (exact) mass is 313 g/mol. The molecule has 6 heteroatoms. The highest BCUT2D eigenvalue weighted by Gasteiger charge is 2.26. The summed E-state index contributed by atoms with van der Waals surface area (Å²) in [6.45, 7) is 7.13. The average Bonchev–Trinajstić information content (AvgIpc) is 3.02. The number of nitrogens with zero attached hydrogens (tertiary/aromatic N) is 2.